The molecule has 0 aliphatic heterocycles. The maximum atomic E-state index is 12.2. The number of carbonyl (C=O) groups excluding carboxylic acids is 1. The second-order valence-corrected chi connectivity index (χ2v) is 7.83. The van der Waals surface area contributed by atoms with E-state index in [0.717, 1.165) is 5.56 Å². The summed E-state index contributed by atoms with van der Waals surface area (Å²) in [5.41, 5.74) is 0.797. The molecule has 0 saturated carbocycles. The van der Waals surface area contributed by atoms with Gasteiger partial charge in [-0.1, -0.05) is 30.3 Å². The van der Waals surface area contributed by atoms with Gasteiger partial charge in [-0.3, -0.25) is 0 Å². The van der Waals surface area contributed by atoms with Gasteiger partial charge in [0.2, 0.25) is 5.88 Å². The number of aromatic nitrogens is 1. The van der Waals surface area contributed by atoms with Crippen LogP contribution in [0.1, 0.15) is 37.4 Å². The number of β-amino-alcohol motifs (C(OH)–C–C–N with tert-alkyl or cyclic N) is 1. The number of nitrogens with one attached hydrogen (secondary N) is 1. The van der Waals surface area contributed by atoms with E-state index in [0.29, 0.717) is 16.4 Å². The molecule has 0 radical (unpaired) electrons. The lowest BCUT2D eigenvalue weighted by atomic mass is 10.1. The first kappa shape index (κ1) is 20.4. The van der Waals surface area contributed by atoms with E-state index in [4.69, 9.17) is 9.47 Å². The number of aliphatic hydroxyl groups is 1. The predicted octanol–water partition coefficient (Wildman–Crippen LogP) is 3.11. The molecule has 142 valence electrons. The van der Waals surface area contributed by atoms with Gasteiger partial charge in [0, 0.05) is 17.6 Å². The zero-order valence-corrected chi connectivity index (χ0v) is 16.4. The van der Waals surface area contributed by atoms with Gasteiger partial charge >= 0.3 is 5.97 Å². The number of rotatable bonds is 8. The Labute approximate surface area is 158 Å². The van der Waals surface area contributed by atoms with Crippen LogP contribution in [-0.2, 0) is 4.74 Å². The number of aliphatic hydroxyl groups excluding tert-OH is 1. The van der Waals surface area contributed by atoms with Crippen LogP contribution in [0.15, 0.2) is 30.3 Å². The molecule has 0 unspecified atom stereocenters. The Morgan fingerprint density at radius 2 is 2.00 bits per heavy atom. The number of hydrogen-bond acceptors (Lipinski definition) is 7. The summed E-state index contributed by atoms with van der Waals surface area (Å²) in [6, 6.07) is 9.56. The number of thiazole rings is 1. The van der Waals surface area contributed by atoms with Crippen LogP contribution in [-0.4, -0.2) is 47.5 Å². The molecule has 26 heavy (non-hydrogen) atoms. The third-order valence-corrected chi connectivity index (χ3v) is 4.42. The van der Waals surface area contributed by atoms with Crippen LogP contribution in [0.4, 0.5) is 0 Å². The van der Waals surface area contributed by atoms with E-state index in [9.17, 15) is 9.90 Å². The molecule has 0 saturated heterocycles. The average Bonchev–Trinajstić information content (AvgIpc) is 3.03. The highest BCUT2D eigenvalue weighted by Crippen LogP contribution is 2.33. The molecule has 0 bridgehead atoms. The van der Waals surface area contributed by atoms with Crippen molar-refractivity contribution in [2.45, 2.75) is 39.3 Å². The van der Waals surface area contributed by atoms with Crippen LogP contribution < -0.4 is 10.1 Å². The molecule has 0 fully saturated rings. The summed E-state index contributed by atoms with van der Waals surface area (Å²) in [6.45, 7) is 8.50. The Bertz CT molecular complexity index is 710. The fraction of sp³-hybridized carbons (Fsp3) is 0.474. The van der Waals surface area contributed by atoms with Gasteiger partial charge in [-0.05, 0) is 27.7 Å². The van der Waals surface area contributed by atoms with Crippen molar-refractivity contribution in [3.05, 3.63) is 35.2 Å². The Morgan fingerprint density at radius 1 is 1.31 bits per heavy atom. The van der Waals surface area contributed by atoms with Gasteiger partial charge in [0.05, 0.1) is 6.61 Å². The van der Waals surface area contributed by atoms with E-state index in [1.165, 1.54) is 11.3 Å². The monoisotopic (exact) mass is 378 g/mol. The quantitative estimate of drug-likeness (QED) is 0.687. The lowest BCUT2D eigenvalue weighted by Gasteiger charge is -2.22. The van der Waals surface area contributed by atoms with Gasteiger partial charge in [0.15, 0.2) is 4.88 Å². The molecule has 6 nitrogen and oxygen atoms in total. The van der Waals surface area contributed by atoms with Crippen LogP contribution in [0.2, 0.25) is 0 Å². The van der Waals surface area contributed by atoms with Crippen molar-refractivity contribution in [2.24, 2.45) is 0 Å². The van der Waals surface area contributed by atoms with Crippen molar-refractivity contribution in [3.63, 3.8) is 0 Å². The van der Waals surface area contributed by atoms with E-state index in [2.05, 4.69) is 10.3 Å². The van der Waals surface area contributed by atoms with Gasteiger partial charge in [-0.2, -0.15) is 0 Å². The molecule has 1 aromatic heterocycles. The number of hydrogen-bond donors (Lipinski definition) is 2. The Kier molecular flexibility index (Phi) is 7.14. The molecule has 1 aromatic carbocycles. The topological polar surface area (TPSA) is 80.7 Å². The second-order valence-electron chi connectivity index (χ2n) is 6.84. The summed E-state index contributed by atoms with van der Waals surface area (Å²) in [7, 11) is 0. The summed E-state index contributed by atoms with van der Waals surface area (Å²) < 4.78 is 10.7. The third kappa shape index (κ3) is 6.09. The fourth-order valence-corrected chi connectivity index (χ4v) is 3.00. The molecular formula is C19H26N2O4S. The lowest BCUT2D eigenvalue weighted by molar-refractivity contribution is 0.0520. The normalized spacial score (nSPS) is 12.7. The van der Waals surface area contributed by atoms with Crippen LogP contribution in [0.3, 0.4) is 0 Å². The van der Waals surface area contributed by atoms with Crippen molar-refractivity contribution in [1.82, 2.24) is 10.3 Å². The fourth-order valence-electron chi connectivity index (χ4n) is 2.09. The van der Waals surface area contributed by atoms with E-state index in [-0.39, 0.29) is 24.6 Å². The van der Waals surface area contributed by atoms with Crippen molar-refractivity contribution in [1.29, 1.82) is 0 Å². The van der Waals surface area contributed by atoms with Gasteiger partial charge in [0.25, 0.3) is 0 Å². The Balaban J connectivity index is 2.12. The molecule has 2 rings (SSSR count). The molecule has 1 heterocycles. The third-order valence-electron chi connectivity index (χ3n) is 3.36. The molecule has 0 amide bonds. The van der Waals surface area contributed by atoms with Crippen molar-refractivity contribution in [3.8, 4) is 16.5 Å². The predicted molar refractivity (Wildman–Crippen MR) is 103 cm³/mol. The molecule has 7 heteroatoms. The Hall–Kier alpha value is -1.96. The zero-order chi connectivity index (χ0) is 19.2. The highest BCUT2D eigenvalue weighted by Gasteiger charge is 2.22. The van der Waals surface area contributed by atoms with Gasteiger partial charge in [0.1, 0.15) is 17.7 Å². The van der Waals surface area contributed by atoms with Gasteiger partial charge in [-0.25, -0.2) is 9.78 Å². The minimum absolute atomic E-state index is 0.0352. The maximum Gasteiger partial charge on any atom is 0.354 e. The summed E-state index contributed by atoms with van der Waals surface area (Å²) >= 11 is 1.22. The molecular weight excluding hydrogens is 352 g/mol. The molecule has 0 spiro atoms. The summed E-state index contributed by atoms with van der Waals surface area (Å²) in [5.74, 6) is -0.272. The number of esters is 1. The van der Waals surface area contributed by atoms with Crippen molar-refractivity contribution in [2.75, 3.05) is 19.8 Å². The van der Waals surface area contributed by atoms with E-state index >= 15 is 0 Å². The van der Waals surface area contributed by atoms with E-state index in [1.54, 1.807) is 6.92 Å². The lowest BCUT2D eigenvalue weighted by Crippen LogP contribution is -2.42. The summed E-state index contributed by atoms with van der Waals surface area (Å²) in [6.07, 6.45) is -0.717. The minimum atomic E-state index is -0.717. The first-order chi connectivity index (χ1) is 12.3. The number of nitrogens with zero attached hydrogens (tertiary/aromatic N) is 1. The average molecular weight is 378 g/mol. The minimum Gasteiger partial charge on any atom is -0.474 e. The number of benzene rings is 1. The van der Waals surface area contributed by atoms with Crippen LogP contribution >= 0.6 is 11.3 Å². The van der Waals surface area contributed by atoms with Gasteiger partial charge < -0.3 is 19.9 Å². The zero-order valence-electron chi connectivity index (χ0n) is 15.6. The molecule has 2 aromatic rings. The second kappa shape index (κ2) is 9.12. The van der Waals surface area contributed by atoms with Crippen molar-refractivity contribution >= 4 is 17.3 Å². The van der Waals surface area contributed by atoms with Crippen LogP contribution in [0.25, 0.3) is 10.6 Å². The SMILES string of the molecule is CCOC(=O)c1sc(-c2ccccc2)nc1OC[C@@H](O)CNC(C)(C)C. The first-order valence-corrected chi connectivity index (χ1v) is 9.41. The number of ether oxygens (including phenoxy) is 2. The van der Waals surface area contributed by atoms with Crippen LogP contribution in [0.5, 0.6) is 5.88 Å². The smallest absolute Gasteiger partial charge is 0.354 e. The standard InChI is InChI=1S/C19H26N2O4S/c1-5-24-18(23)15-16(25-12-14(22)11-20-19(2,3)4)21-17(26-15)13-9-7-6-8-10-13/h6-10,14,20,22H,5,11-12H2,1-4H3/t14-/m0/s1. The maximum absolute atomic E-state index is 12.2. The van der Waals surface area contributed by atoms with Crippen molar-refractivity contribution < 1.29 is 19.4 Å². The van der Waals surface area contributed by atoms with Gasteiger partial charge in [-0.15, -0.1) is 11.3 Å². The van der Waals surface area contributed by atoms with Crippen LogP contribution in [0, 0.1) is 0 Å². The largest absolute Gasteiger partial charge is 0.474 e. The molecule has 2 N–H and O–H groups in total. The number of carbonyl (C=O) groups is 1. The Morgan fingerprint density at radius 3 is 2.62 bits per heavy atom. The van der Waals surface area contributed by atoms with E-state index < -0.39 is 12.1 Å². The van der Waals surface area contributed by atoms with E-state index in [1.807, 2.05) is 51.1 Å². The highest BCUT2D eigenvalue weighted by molar-refractivity contribution is 7.17. The summed E-state index contributed by atoms with van der Waals surface area (Å²) in [5, 5.41) is 14.0. The molecule has 0 aliphatic carbocycles. The molecule has 1 atom stereocenters. The molecule has 0 aliphatic rings. The summed E-state index contributed by atoms with van der Waals surface area (Å²) in [4.78, 5) is 16.9. The highest BCUT2D eigenvalue weighted by atomic mass is 32.1. The first-order valence-electron chi connectivity index (χ1n) is 8.59.